The van der Waals surface area contributed by atoms with Gasteiger partial charge in [0.15, 0.2) is 11.6 Å². The molecule has 0 aromatic heterocycles. The molecule has 2 saturated carbocycles. The van der Waals surface area contributed by atoms with Crippen molar-refractivity contribution in [3.63, 3.8) is 0 Å². The summed E-state index contributed by atoms with van der Waals surface area (Å²) in [6.45, 7) is 15.3. The van der Waals surface area contributed by atoms with Crippen LogP contribution in [0.2, 0.25) is 0 Å². The van der Waals surface area contributed by atoms with E-state index in [1.54, 1.807) is 6.08 Å². The van der Waals surface area contributed by atoms with E-state index in [-0.39, 0.29) is 51.0 Å². The van der Waals surface area contributed by atoms with Gasteiger partial charge in [-0.2, -0.15) is 0 Å². The number of primary amides is 1. The standard InChI is InChI=1S/C30H41NO3/c1-25(2)21-8-11-30(7)23(28(21,5)10-9-22(25)33)20(32)16-18-19-17-27(4,24(31)34)13-12-26(19,3)14-15-29(18,30)6/h9-10,16-17,21,23H,8,11-15H2,1-7H3,(H2,31,34)/t21-,23+,26+,27-,28-,29+,30+/m0/s1. The van der Waals surface area contributed by atoms with E-state index in [4.69, 9.17) is 5.73 Å². The number of carbonyl (C=O) groups excluding carboxylic acids is 3. The summed E-state index contributed by atoms with van der Waals surface area (Å²) in [6.07, 6.45) is 13.5. The van der Waals surface area contributed by atoms with Crippen LogP contribution in [0.1, 0.15) is 87.0 Å². The van der Waals surface area contributed by atoms with Gasteiger partial charge in [0.2, 0.25) is 5.91 Å². The van der Waals surface area contributed by atoms with Gasteiger partial charge in [0.1, 0.15) is 0 Å². The Balaban J connectivity index is 1.71. The van der Waals surface area contributed by atoms with E-state index in [0.717, 1.165) is 44.1 Å². The Kier molecular flexibility index (Phi) is 4.62. The number of rotatable bonds is 1. The summed E-state index contributed by atoms with van der Waals surface area (Å²) in [6, 6.07) is 0. The zero-order valence-corrected chi connectivity index (χ0v) is 22.0. The van der Waals surface area contributed by atoms with E-state index in [1.807, 2.05) is 13.0 Å². The van der Waals surface area contributed by atoms with Crippen molar-refractivity contribution in [3.8, 4) is 0 Å². The lowest BCUT2D eigenvalue weighted by Gasteiger charge is -2.67. The molecule has 5 aliphatic rings. The summed E-state index contributed by atoms with van der Waals surface area (Å²) in [7, 11) is 0. The summed E-state index contributed by atoms with van der Waals surface area (Å²) < 4.78 is 0. The topological polar surface area (TPSA) is 77.2 Å². The first kappa shape index (κ1) is 23.8. The minimum atomic E-state index is -0.672. The zero-order chi connectivity index (χ0) is 25.1. The van der Waals surface area contributed by atoms with Crippen molar-refractivity contribution in [2.75, 3.05) is 0 Å². The van der Waals surface area contributed by atoms with Gasteiger partial charge < -0.3 is 5.73 Å². The number of hydrogen-bond acceptors (Lipinski definition) is 3. The number of nitrogens with two attached hydrogens (primary N) is 1. The van der Waals surface area contributed by atoms with Crippen LogP contribution in [0.25, 0.3) is 0 Å². The third kappa shape index (κ3) is 2.63. The monoisotopic (exact) mass is 463 g/mol. The molecule has 0 radical (unpaired) electrons. The molecule has 0 spiro atoms. The molecule has 2 N–H and O–H groups in total. The van der Waals surface area contributed by atoms with Gasteiger partial charge in [0, 0.05) is 16.7 Å². The molecule has 5 aliphatic carbocycles. The smallest absolute Gasteiger partial charge is 0.227 e. The minimum Gasteiger partial charge on any atom is -0.369 e. The largest absolute Gasteiger partial charge is 0.369 e. The lowest BCUT2D eigenvalue weighted by molar-refractivity contribution is -0.164. The van der Waals surface area contributed by atoms with Gasteiger partial charge in [-0.15, -0.1) is 0 Å². The normalized spacial score (nSPS) is 49.1. The zero-order valence-electron chi connectivity index (χ0n) is 22.0. The molecule has 7 atom stereocenters. The average Bonchev–Trinajstić information content (AvgIpc) is 2.73. The third-order valence-corrected chi connectivity index (χ3v) is 11.8. The Labute approximate surface area is 204 Å². The molecule has 0 saturated heterocycles. The summed E-state index contributed by atoms with van der Waals surface area (Å²) >= 11 is 0. The van der Waals surface area contributed by atoms with Crippen molar-refractivity contribution in [2.24, 2.45) is 50.1 Å². The molecule has 184 valence electrons. The quantitative estimate of drug-likeness (QED) is 0.540. The third-order valence-electron chi connectivity index (χ3n) is 11.8. The molecule has 1 amide bonds. The van der Waals surface area contributed by atoms with E-state index in [2.05, 4.69) is 53.7 Å². The van der Waals surface area contributed by atoms with Crippen molar-refractivity contribution in [1.29, 1.82) is 0 Å². The number of allylic oxidation sites excluding steroid dienone is 5. The van der Waals surface area contributed by atoms with Gasteiger partial charge in [0.25, 0.3) is 0 Å². The highest BCUT2D eigenvalue weighted by Gasteiger charge is 2.68. The van der Waals surface area contributed by atoms with Gasteiger partial charge in [-0.1, -0.05) is 53.7 Å². The van der Waals surface area contributed by atoms with Crippen LogP contribution in [0.3, 0.4) is 0 Å². The second-order valence-electron chi connectivity index (χ2n) is 13.9. The fourth-order valence-electron chi connectivity index (χ4n) is 9.10. The maximum Gasteiger partial charge on any atom is 0.227 e. The Morgan fingerprint density at radius 1 is 0.912 bits per heavy atom. The molecule has 0 aliphatic heterocycles. The molecule has 0 unspecified atom stereocenters. The fraction of sp³-hybridized carbons (Fsp3) is 0.700. The fourth-order valence-corrected chi connectivity index (χ4v) is 9.10. The number of ketones is 2. The Morgan fingerprint density at radius 3 is 2.21 bits per heavy atom. The van der Waals surface area contributed by atoms with Gasteiger partial charge >= 0.3 is 0 Å². The number of fused-ring (bicyclic) bond motifs is 7. The van der Waals surface area contributed by atoms with Crippen LogP contribution in [0, 0.1) is 44.3 Å². The van der Waals surface area contributed by atoms with Crippen LogP contribution in [0.5, 0.6) is 0 Å². The summed E-state index contributed by atoms with van der Waals surface area (Å²) in [4.78, 5) is 39.3. The SMILES string of the molecule is CC1(C)C(=O)C=C[C@]2(C)[C@H]3C(=O)C=C4C5=C[C@@](C)(C(N)=O)CC[C@]5(C)CC[C@@]4(C)[C@]3(C)CC[C@@H]12. The molecule has 4 nitrogen and oxygen atoms in total. The Bertz CT molecular complexity index is 1110. The maximum absolute atomic E-state index is 14.1. The van der Waals surface area contributed by atoms with Gasteiger partial charge in [-0.05, 0) is 90.9 Å². The lowest BCUT2D eigenvalue weighted by Crippen LogP contribution is -2.64. The second kappa shape index (κ2) is 6.62. The van der Waals surface area contributed by atoms with Crippen molar-refractivity contribution in [3.05, 3.63) is 35.5 Å². The van der Waals surface area contributed by atoms with Crippen molar-refractivity contribution < 1.29 is 14.4 Å². The van der Waals surface area contributed by atoms with E-state index in [1.165, 1.54) is 5.57 Å². The summed E-state index contributed by atoms with van der Waals surface area (Å²) in [5.41, 5.74) is 6.29. The molecule has 34 heavy (non-hydrogen) atoms. The highest BCUT2D eigenvalue weighted by molar-refractivity contribution is 5.99. The highest BCUT2D eigenvalue weighted by atomic mass is 16.1. The van der Waals surface area contributed by atoms with E-state index < -0.39 is 10.8 Å². The van der Waals surface area contributed by atoms with Crippen molar-refractivity contribution in [1.82, 2.24) is 0 Å². The van der Waals surface area contributed by atoms with E-state index in [0.29, 0.717) is 0 Å². The molecule has 5 rings (SSSR count). The molecule has 2 fully saturated rings. The molecule has 0 heterocycles. The maximum atomic E-state index is 14.1. The Morgan fingerprint density at radius 2 is 1.56 bits per heavy atom. The first-order valence-corrected chi connectivity index (χ1v) is 13.1. The Hall–Kier alpha value is -1.97. The summed E-state index contributed by atoms with van der Waals surface area (Å²) in [5.74, 6) is 0.0730. The summed E-state index contributed by atoms with van der Waals surface area (Å²) in [5, 5.41) is 0. The van der Waals surface area contributed by atoms with Crippen LogP contribution < -0.4 is 5.73 Å². The van der Waals surface area contributed by atoms with Crippen LogP contribution in [0.4, 0.5) is 0 Å². The van der Waals surface area contributed by atoms with E-state index in [9.17, 15) is 14.4 Å². The van der Waals surface area contributed by atoms with Crippen molar-refractivity contribution >= 4 is 17.5 Å². The van der Waals surface area contributed by atoms with Crippen LogP contribution >= 0.6 is 0 Å². The van der Waals surface area contributed by atoms with E-state index >= 15 is 0 Å². The first-order valence-electron chi connectivity index (χ1n) is 13.1. The van der Waals surface area contributed by atoms with Gasteiger partial charge in [-0.25, -0.2) is 0 Å². The van der Waals surface area contributed by atoms with Crippen molar-refractivity contribution in [2.45, 2.75) is 87.0 Å². The number of carbonyl (C=O) groups is 3. The molecule has 4 heteroatoms. The van der Waals surface area contributed by atoms with Crippen LogP contribution in [-0.2, 0) is 14.4 Å². The number of hydrogen-bond donors (Lipinski definition) is 1. The molecular formula is C30H41NO3. The molecule has 0 aromatic rings. The average molecular weight is 464 g/mol. The highest BCUT2D eigenvalue weighted by Crippen LogP contribution is 2.73. The van der Waals surface area contributed by atoms with Gasteiger partial charge in [-0.3, -0.25) is 14.4 Å². The second-order valence-corrected chi connectivity index (χ2v) is 13.9. The van der Waals surface area contributed by atoms with Crippen LogP contribution in [-0.4, -0.2) is 17.5 Å². The lowest BCUT2D eigenvalue weighted by atomic mass is 9.35. The number of amides is 1. The molecule has 0 aromatic carbocycles. The van der Waals surface area contributed by atoms with Gasteiger partial charge in [0.05, 0.1) is 5.41 Å². The molecular weight excluding hydrogens is 422 g/mol. The molecule has 0 bridgehead atoms. The predicted molar refractivity (Wildman–Crippen MR) is 134 cm³/mol. The van der Waals surface area contributed by atoms with Crippen LogP contribution in [0.15, 0.2) is 35.5 Å². The predicted octanol–water partition coefficient (Wildman–Crippen LogP) is 5.72. The first-order chi connectivity index (χ1) is 15.6. The minimum absolute atomic E-state index is 0.0238.